The highest BCUT2D eigenvalue weighted by atomic mass is 15.1. The van der Waals surface area contributed by atoms with Crippen molar-refractivity contribution in [2.24, 2.45) is 5.73 Å². The van der Waals surface area contributed by atoms with Gasteiger partial charge in [-0.3, -0.25) is 5.10 Å². The molecule has 0 saturated carbocycles. The normalized spacial score (nSPS) is 12.9. The lowest BCUT2D eigenvalue weighted by molar-refractivity contribution is 0.613. The third-order valence-electron chi connectivity index (χ3n) is 2.37. The van der Waals surface area contributed by atoms with Gasteiger partial charge in [-0.25, -0.2) is 4.98 Å². The van der Waals surface area contributed by atoms with Gasteiger partial charge in [0.2, 0.25) is 0 Å². The van der Waals surface area contributed by atoms with Crippen molar-refractivity contribution < 1.29 is 0 Å². The predicted molar refractivity (Wildman–Crippen MR) is 57.1 cm³/mol. The zero-order chi connectivity index (χ0) is 10.7. The summed E-state index contributed by atoms with van der Waals surface area (Å²) in [4.78, 5) is 4.29. The van der Waals surface area contributed by atoms with E-state index in [1.165, 1.54) is 0 Å². The quantitative estimate of drug-likeness (QED) is 0.784. The second-order valence-corrected chi connectivity index (χ2v) is 3.49. The number of hydrogen-bond donors (Lipinski definition) is 2. The van der Waals surface area contributed by atoms with Crippen LogP contribution in [0.25, 0.3) is 0 Å². The molecule has 0 aliphatic heterocycles. The molecule has 5 heteroatoms. The minimum absolute atomic E-state index is 0.203. The summed E-state index contributed by atoms with van der Waals surface area (Å²) >= 11 is 0. The summed E-state index contributed by atoms with van der Waals surface area (Å²) in [5.41, 5.74) is 7.05. The summed E-state index contributed by atoms with van der Waals surface area (Å²) in [7, 11) is 0. The minimum atomic E-state index is -0.203. The molecule has 0 saturated heterocycles. The average molecular weight is 205 g/mol. The number of nitrogens with one attached hydrogen (secondary N) is 1. The number of nitrogens with zero attached hydrogens (tertiary/aromatic N) is 3. The summed E-state index contributed by atoms with van der Waals surface area (Å²) < 4.78 is 2.08. The third-order valence-corrected chi connectivity index (χ3v) is 2.37. The van der Waals surface area contributed by atoms with Crippen LogP contribution in [0, 0.1) is 0 Å². The van der Waals surface area contributed by atoms with E-state index >= 15 is 0 Å². The number of hydrogen-bond acceptors (Lipinski definition) is 3. The lowest BCUT2D eigenvalue weighted by atomic mass is 10.1. The molecule has 2 rings (SSSR count). The number of nitrogens with two attached hydrogens (primary N) is 1. The Morgan fingerprint density at radius 2 is 2.47 bits per heavy atom. The topological polar surface area (TPSA) is 72.5 Å². The zero-order valence-electron chi connectivity index (χ0n) is 8.72. The SMILES string of the molecule is CCCn1ccnc1C(N)c1cn[nH]c1. The highest BCUT2D eigenvalue weighted by molar-refractivity contribution is 5.18. The van der Waals surface area contributed by atoms with E-state index in [1.807, 2.05) is 6.20 Å². The largest absolute Gasteiger partial charge is 0.333 e. The Balaban J connectivity index is 2.25. The highest BCUT2D eigenvalue weighted by Gasteiger charge is 2.14. The van der Waals surface area contributed by atoms with Gasteiger partial charge in [0.05, 0.1) is 12.2 Å². The van der Waals surface area contributed by atoms with Crippen molar-refractivity contribution in [3.05, 3.63) is 36.2 Å². The second kappa shape index (κ2) is 4.27. The number of aromatic nitrogens is 4. The fraction of sp³-hybridized carbons (Fsp3) is 0.400. The Labute approximate surface area is 88.3 Å². The van der Waals surface area contributed by atoms with Crippen molar-refractivity contribution in [2.75, 3.05) is 0 Å². The van der Waals surface area contributed by atoms with E-state index in [4.69, 9.17) is 5.73 Å². The van der Waals surface area contributed by atoms with Crippen molar-refractivity contribution in [3.8, 4) is 0 Å². The van der Waals surface area contributed by atoms with Gasteiger partial charge in [0.25, 0.3) is 0 Å². The summed E-state index contributed by atoms with van der Waals surface area (Å²) in [5.74, 6) is 0.887. The van der Waals surface area contributed by atoms with Gasteiger partial charge in [0, 0.05) is 30.7 Å². The Kier molecular flexibility index (Phi) is 2.82. The number of imidazole rings is 1. The minimum Gasteiger partial charge on any atom is -0.333 e. The fourth-order valence-corrected chi connectivity index (χ4v) is 1.61. The summed E-state index contributed by atoms with van der Waals surface area (Å²) in [5, 5.41) is 6.64. The lowest BCUT2D eigenvalue weighted by Gasteiger charge is -2.11. The smallest absolute Gasteiger partial charge is 0.130 e. The molecule has 1 unspecified atom stereocenters. The Morgan fingerprint density at radius 3 is 3.13 bits per heavy atom. The van der Waals surface area contributed by atoms with Crippen molar-refractivity contribution in [2.45, 2.75) is 25.9 Å². The maximum atomic E-state index is 6.09. The maximum absolute atomic E-state index is 6.09. The van der Waals surface area contributed by atoms with E-state index in [-0.39, 0.29) is 6.04 Å². The highest BCUT2D eigenvalue weighted by Crippen LogP contribution is 2.16. The molecule has 2 aromatic rings. The molecule has 0 bridgehead atoms. The second-order valence-electron chi connectivity index (χ2n) is 3.49. The molecule has 15 heavy (non-hydrogen) atoms. The van der Waals surface area contributed by atoms with Crippen LogP contribution in [0.15, 0.2) is 24.8 Å². The molecule has 0 aliphatic rings. The zero-order valence-corrected chi connectivity index (χ0v) is 8.72. The van der Waals surface area contributed by atoms with Gasteiger partial charge < -0.3 is 10.3 Å². The van der Waals surface area contributed by atoms with Crippen molar-refractivity contribution in [1.29, 1.82) is 0 Å². The van der Waals surface area contributed by atoms with Gasteiger partial charge in [0.1, 0.15) is 5.82 Å². The lowest BCUT2D eigenvalue weighted by Crippen LogP contribution is -2.17. The molecular weight excluding hydrogens is 190 g/mol. The number of rotatable bonds is 4. The van der Waals surface area contributed by atoms with E-state index in [9.17, 15) is 0 Å². The molecule has 0 aromatic carbocycles. The summed E-state index contributed by atoms with van der Waals surface area (Å²) in [6.07, 6.45) is 8.34. The maximum Gasteiger partial charge on any atom is 0.130 e. The first-order valence-electron chi connectivity index (χ1n) is 5.08. The van der Waals surface area contributed by atoms with Crippen LogP contribution >= 0.6 is 0 Å². The van der Waals surface area contributed by atoms with E-state index < -0.39 is 0 Å². The van der Waals surface area contributed by atoms with Crippen LogP contribution in [0.3, 0.4) is 0 Å². The summed E-state index contributed by atoms with van der Waals surface area (Å²) in [6.45, 7) is 3.08. The number of aromatic amines is 1. The summed E-state index contributed by atoms with van der Waals surface area (Å²) in [6, 6.07) is -0.203. The first kappa shape index (κ1) is 9.92. The van der Waals surface area contributed by atoms with Gasteiger partial charge in [-0.2, -0.15) is 5.10 Å². The average Bonchev–Trinajstić information content (AvgIpc) is 2.87. The third kappa shape index (κ3) is 1.92. The molecule has 80 valence electrons. The van der Waals surface area contributed by atoms with Gasteiger partial charge >= 0.3 is 0 Å². The van der Waals surface area contributed by atoms with E-state index in [2.05, 4.69) is 26.7 Å². The van der Waals surface area contributed by atoms with Crippen molar-refractivity contribution >= 4 is 0 Å². The van der Waals surface area contributed by atoms with E-state index in [0.717, 1.165) is 24.4 Å². The molecule has 5 nitrogen and oxygen atoms in total. The molecule has 1 atom stereocenters. The fourth-order valence-electron chi connectivity index (χ4n) is 1.61. The van der Waals surface area contributed by atoms with Gasteiger partial charge in [-0.05, 0) is 6.42 Å². The number of aryl methyl sites for hydroxylation is 1. The van der Waals surface area contributed by atoms with Crippen LogP contribution in [-0.4, -0.2) is 19.7 Å². The van der Waals surface area contributed by atoms with Crippen molar-refractivity contribution in [1.82, 2.24) is 19.7 Å². The van der Waals surface area contributed by atoms with Crippen LogP contribution < -0.4 is 5.73 Å². The first-order valence-corrected chi connectivity index (χ1v) is 5.08. The molecule has 2 heterocycles. The van der Waals surface area contributed by atoms with Crippen LogP contribution in [-0.2, 0) is 6.54 Å². The van der Waals surface area contributed by atoms with E-state index in [1.54, 1.807) is 18.6 Å². The molecule has 3 N–H and O–H groups in total. The van der Waals surface area contributed by atoms with Crippen molar-refractivity contribution in [3.63, 3.8) is 0 Å². The van der Waals surface area contributed by atoms with Gasteiger partial charge in [-0.1, -0.05) is 6.92 Å². The molecular formula is C10H15N5. The predicted octanol–water partition coefficient (Wildman–Crippen LogP) is 1.06. The number of H-pyrrole nitrogens is 1. The van der Waals surface area contributed by atoms with Crippen LogP contribution in [0.2, 0.25) is 0 Å². The molecule has 2 aromatic heterocycles. The Bertz CT molecular complexity index is 403. The molecule has 0 radical (unpaired) electrons. The Morgan fingerprint density at radius 1 is 1.60 bits per heavy atom. The Hall–Kier alpha value is -1.62. The van der Waals surface area contributed by atoms with Crippen LogP contribution in [0.5, 0.6) is 0 Å². The standard InChI is InChI=1S/C10H15N5/c1-2-4-15-5-3-12-10(15)9(11)8-6-13-14-7-8/h3,5-7,9H,2,4,11H2,1H3,(H,13,14). The molecule has 0 spiro atoms. The van der Waals surface area contributed by atoms with Gasteiger partial charge in [0.15, 0.2) is 0 Å². The van der Waals surface area contributed by atoms with Crippen LogP contribution in [0.4, 0.5) is 0 Å². The monoisotopic (exact) mass is 205 g/mol. The molecule has 0 fully saturated rings. The van der Waals surface area contributed by atoms with Gasteiger partial charge in [-0.15, -0.1) is 0 Å². The van der Waals surface area contributed by atoms with Crippen LogP contribution in [0.1, 0.15) is 30.8 Å². The molecule has 0 amide bonds. The first-order chi connectivity index (χ1) is 7.33. The van der Waals surface area contributed by atoms with E-state index in [0.29, 0.717) is 0 Å². The molecule has 0 aliphatic carbocycles.